The first-order valence-corrected chi connectivity index (χ1v) is 15.0. The molecule has 0 heteroatoms. The molecule has 1 saturated carbocycles. The van der Waals surface area contributed by atoms with Gasteiger partial charge < -0.3 is 0 Å². The molecular weight excluding hydrogens is 432 g/mol. The Labute approximate surface area is 222 Å². The second kappa shape index (κ2) is 17.1. The lowest BCUT2D eigenvalue weighted by molar-refractivity contribution is 0.249. The van der Waals surface area contributed by atoms with Crippen molar-refractivity contribution in [2.45, 2.75) is 117 Å². The van der Waals surface area contributed by atoms with Crippen LogP contribution in [0, 0.1) is 35.5 Å². The lowest BCUT2D eigenvalue weighted by atomic mass is 9.77. The molecule has 3 rings (SSSR count). The molecule has 0 N–H and O–H groups in total. The fourth-order valence-electron chi connectivity index (χ4n) is 5.38. The van der Waals surface area contributed by atoms with Crippen molar-refractivity contribution in [1.29, 1.82) is 0 Å². The number of hydrogen-bond donors (Lipinski definition) is 0. The van der Waals surface area contributed by atoms with Crippen LogP contribution in [0.4, 0.5) is 0 Å². The van der Waals surface area contributed by atoms with Gasteiger partial charge in [0.05, 0.1) is 0 Å². The fourth-order valence-corrected chi connectivity index (χ4v) is 5.38. The monoisotopic (exact) mass is 480 g/mol. The summed E-state index contributed by atoms with van der Waals surface area (Å²) in [5, 5.41) is 0. The summed E-state index contributed by atoms with van der Waals surface area (Å²) in [6, 6.07) is 17.3. The van der Waals surface area contributed by atoms with Crippen LogP contribution in [0.5, 0.6) is 0 Å². The van der Waals surface area contributed by atoms with Crippen molar-refractivity contribution in [3.8, 4) is 23.7 Å². The number of unbranched alkanes of at least 4 members (excludes halogenated alkanes) is 7. The molecule has 0 saturated heterocycles. The topological polar surface area (TPSA) is 0 Å². The molecule has 0 aliphatic heterocycles. The highest BCUT2D eigenvalue weighted by molar-refractivity contribution is 5.46. The molecule has 0 unspecified atom stereocenters. The van der Waals surface area contributed by atoms with Gasteiger partial charge in [-0.05, 0) is 73.1 Å². The third-order valence-electron chi connectivity index (χ3n) is 7.85. The Hall–Kier alpha value is -2.44. The summed E-state index contributed by atoms with van der Waals surface area (Å²) in [5.74, 6) is 15.2. The number of hydrogen-bond acceptors (Lipinski definition) is 0. The van der Waals surface area contributed by atoms with E-state index in [2.05, 4.69) is 86.1 Å². The zero-order valence-electron chi connectivity index (χ0n) is 23.1. The first kappa shape index (κ1) is 28.1. The lowest BCUT2D eigenvalue weighted by Gasteiger charge is -2.28. The molecule has 192 valence electrons. The van der Waals surface area contributed by atoms with E-state index in [1.165, 1.54) is 102 Å². The first-order valence-electron chi connectivity index (χ1n) is 15.0. The van der Waals surface area contributed by atoms with Gasteiger partial charge in [-0.25, -0.2) is 0 Å². The summed E-state index contributed by atoms with van der Waals surface area (Å²) in [5.41, 5.74) is 4.69. The quantitative estimate of drug-likeness (QED) is 0.209. The largest absolute Gasteiger partial charge is 0.0979 e. The minimum Gasteiger partial charge on any atom is -0.0979 e. The standard InChI is InChI=1S/C36H48/c1-3-5-7-9-10-12-14-32-17-21-34(22-18-32)24-26-36-29-27-35(28-30-36)25-23-33-19-15-31(16-20-33)13-11-8-6-4-2/h17-18,21-22,27-31,33H,3-11,13,15-16,19-20,23,25H2,1-2H3. The van der Waals surface area contributed by atoms with Crippen LogP contribution in [0.2, 0.25) is 0 Å². The van der Waals surface area contributed by atoms with Gasteiger partial charge in [-0.1, -0.05) is 127 Å². The van der Waals surface area contributed by atoms with Gasteiger partial charge in [-0.2, -0.15) is 0 Å². The molecule has 0 nitrogen and oxygen atoms in total. The van der Waals surface area contributed by atoms with E-state index in [4.69, 9.17) is 0 Å². The van der Waals surface area contributed by atoms with Crippen LogP contribution in [-0.4, -0.2) is 0 Å². The Kier molecular flexibility index (Phi) is 13.4. The van der Waals surface area contributed by atoms with Gasteiger partial charge in [0.15, 0.2) is 0 Å². The molecular formula is C36H48. The predicted molar refractivity (Wildman–Crippen MR) is 157 cm³/mol. The SMILES string of the molecule is CCCCCCC#Cc1ccc(C#Cc2ccc(CCC3CCC(CCCCCC)CC3)cc2)cc1. The van der Waals surface area contributed by atoms with Crippen LogP contribution in [0.25, 0.3) is 0 Å². The molecule has 1 aliphatic carbocycles. The molecule has 0 bridgehead atoms. The fraction of sp³-hybridized carbons (Fsp3) is 0.556. The van der Waals surface area contributed by atoms with Gasteiger partial charge in [0.1, 0.15) is 0 Å². The maximum absolute atomic E-state index is 3.33. The minimum atomic E-state index is 0.935. The van der Waals surface area contributed by atoms with Gasteiger partial charge in [0, 0.05) is 23.1 Å². The summed E-state index contributed by atoms with van der Waals surface area (Å²) in [6.45, 7) is 4.55. The van der Waals surface area contributed by atoms with Crippen molar-refractivity contribution in [3.05, 3.63) is 70.8 Å². The molecule has 1 fully saturated rings. The van der Waals surface area contributed by atoms with Crippen molar-refractivity contribution < 1.29 is 0 Å². The second-order valence-electron chi connectivity index (χ2n) is 10.9. The molecule has 0 atom stereocenters. The Morgan fingerprint density at radius 2 is 1.06 bits per heavy atom. The minimum absolute atomic E-state index is 0.935. The van der Waals surface area contributed by atoms with E-state index in [9.17, 15) is 0 Å². The number of rotatable bonds is 12. The van der Waals surface area contributed by atoms with Crippen LogP contribution in [0.15, 0.2) is 48.5 Å². The first-order chi connectivity index (χ1) is 17.8. The van der Waals surface area contributed by atoms with Crippen LogP contribution in [-0.2, 0) is 6.42 Å². The van der Waals surface area contributed by atoms with Crippen molar-refractivity contribution >= 4 is 0 Å². The highest BCUT2D eigenvalue weighted by Gasteiger charge is 2.20. The highest BCUT2D eigenvalue weighted by Crippen LogP contribution is 2.34. The van der Waals surface area contributed by atoms with Crippen LogP contribution in [0.3, 0.4) is 0 Å². The van der Waals surface area contributed by atoms with Crippen molar-refractivity contribution in [3.63, 3.8) is 0 Å². The summed E-state index contributed by atoms with van der Waals surface area (Å²) in [6.07, 6.45) is 21.6. The van der Waals surface area contributed by atoms with E-state index in [0.717, 1.165) is 34.9 Å². The van der Waals surface area contributed by atoms with E-state index in [-0.39, 0.29) is 0 Å². The van der Waals surface area contributed by atoms with E-state index in [1.54, 1.807) is 0 Å². The molecule has 0 heterocycles. The summed E-state index contributed by atoms with van der Waals surface area (Å²) in [4.78, 5) is 0. The lowest BCUT2D eigenvalue weighted by Crippen LogP contribution is -2.15. The van der Waals surface area contributed by atoms with Gasteiger partial charge in [-0.15, -0.1) is 0 Å². The zero-order valence-corrected chi connectivity index (χ0v) is 23.1. The Balaban J connectivity index is 1.37. The van der Waals surface area contributed by atoms with Gasteiger partial charge in [0.25, 0.3) is 0 Å². The Morgan fingerprint density at radius 3 is 1.64 bits per heavy atom. The van der Waals surface area contributed by atoms with Gasteiger partial charge in [-0.3, -0.25) is 0 Å². The zero-order chi connectivity index (χ0) is 25.3. The maximum Gasteiger partial charge on any atom is 0.0249 e. The smallest absolute Gasteiger partial charge is 0.0249 e. The van der Waals surface area contributed by atoms with Crippen LogP contribution >= 0.6 is 0 Å². The molecule has 0 radical (unpaired) electrons. The second-order valence-corrected chi connectivity index (χ2v) is 10.9. The van der Waals surface area contributed by atoms with Crippen molar-refractivity contribution in [2.75, 3.05) is 0 Å². The van der Waals surface area contributed by atoms with E-state index >= 15 is 0 Å². The van der Waals surface area contributed by atoms with Crippen molar-refractivity contribution in [1.82, 2.24) is 0 Å². The third kappa shape index (κ3) is 11.1. The Bertz CT molecular complexity index is 963. The summed E-state index contributed by atoms with van der Waals surface area (Å²) in [7, 11) is 0. The number of aryl methyl sites for hydroxylation is 1. The molecule has 2 aromatic carbocycles. The normalized spacial score (nSPS) is 17.1. The average Bonchev–Trinajstić information content (AvgIpc) is 2.92. The van der Waals surface area contributed by atoms with E-state index < -0.39 is 0 Å². The molecule has 0 spiro atoms. The molecule has 0 amide bonds. The van der Waals surface area contributed by atoms with Crippen LogP contribution in [0.1, 0.15) is 132 Å². The predicted octanol–water partition coefficient (Wildman–Crippen LogP) is 10.1. The van der Waals surface area contributed by atoms with E-state index in [1.807, 2.05) is 0 Å². The molecule has 0 aromatic heterocycles. The van der Waals surface area contributed by atoms with Crippen molar-refractivity contribution in [2.24, 2.45) is 11.8 Å². The number of benzene rings is 2. The van der Waals surface area contributed by atoms with Gasteiger partial charge in [0.2, 0.25) is 0 Å². The summed E-state index contributed by atoms with van der Waals surface area (Å²) < 4.78 is 0. The Morgan fingerprint density at radius 1 is 0.556 bits per heavy atom. The molecule has 2 aromatic rings. The molecule has 36 heavy (non-hydrogen) atoms. The highest BCUT2D eigenvalue weighted by atomic mass is 14.3. The maximum atomic E-state index is 3.33. The van der Waals surface area contributed by atoms with Crippen LogP contribution < -0.4 is 0 Å². The molecule has 1 aliphatic rings. The third-order valence-corrected chi connectivity index (χ3v) is 7.85. The average molecular weight is 481 g/mol. The van der Waals surface area contributed by atoms with Gasteiger partial charge >= 0.3 is 0 Å². The van der Waals surface area contributed by atoms with E-state index in [0.29, 0.717) is 0 Å². The summed E-state index contributed by atoms with van der Waals surface area (Å²) >= 11 is 0.